The van der Waals surface area contributed by atoms with E-state index in [1.54, 1.807) is 0 Å². The minimum atomic E-state index is 0. The van der Waals surface area contributed by atoms with Crippen LogP contribution in [0.2, 0.25) is 0 Å². The highest BCUT2D eigenvalue weighted by Gasteiger charge is 1.88. The summed E-state index contributed by atoms with van der Waals surface area (Å²) >= 11 is 2.13. The average Bonchev–Trinajstić information content (AvgIpc) is 2.03. The van der Waals surface area contributed by atoms with Crippen LogP contribution >= 0.6 is 25.3 Å². The maximum atomic E-state index is 2.27. The van der Waals surface area contributed by atoms with Crippen molar-refractivity contribution >= 4 is 25.3 Å². The summed E-state index contributed by atoms with van der Waals surface area (Å²) < 4.78 is 0. The van der Waals surface area contributed by atoms with E-state index < -0.39 is 0 Å². The molecule has 0 fully saturated rings. The molecule has 0 spiro atoms. The second-order valence-electron chi connectivity index (χ2n) is 3.03. The van der Waals surface area contributed by atoms with Gasteiger partial charge in [0.1, 0.15) is 0 Å². The fourth-order valence-corrected chi connectivity index (χ4v) is 2.03. The maximum Gasteiger partial charge on any atom is -0.00675 e. The van der Waals surface area contributed by atoms with Crippen molar-refractivity contribution in [1.29, 1.82) is 0 Å². The third-order valence-corrected chi connectivity index (χ3v) is 2.94. The van der Waals surface area contributed by atoms with Crippen molar-refractivity contribution in [2.24, 2.45) is 0 Å². The molecule has 0 aromatic heterocycles. The zero-order valence-electron chi connectivity index (χ0n) is 8.57. The molecule has 12 heavy (non-hydrogen) atoms. The van der Waals surface area contributed by atoms with Crippen LogP contribution in [0.1, 0.15) is 52.4 Å². The van der Waals surface area contributed by atoms with Crippen molar-refractivity contribution in [2.45, 2.75) is 52.4 Å². The molecular weight excluding hydrogens is 184 g/mol. The lowest BCUT2D eigenvalue weighted by Gasteiger charge is -1.99. The number of unbranched alkanes of at least 4 members (excludes halogenated alkanes) is 4. The second kappa shape index (κ2) is 14.2. The highest BCUT2D eigenvalue weighted by atomic mass is 32.2. The summed E-state index contributed by atoms with van der Waals surface area (Å²) in [4.78, 5) is 0. The van der Waals surface area contributed by atoms with Crippen LogP contribution in [0, 0.1) is 0 Å². The summed E-state index contributed by atoms with van der Waals surface area (Å²) in [7, 11) is 0. The molecule has 0 saturated carbocycles. The van der Waals surface area contributed by atoms with Gasteiger partial charge in [-0.1, -0.05) is 39.5 Å². The molecule has 0 amide bonds. The molecule has 0 aliphatic heterocycles. The number of thioether (sulfide) groups is 1. The summed E-state index contributed by atoms with van der Waals surface area (Å²) in [6.45, 7) is 4.53. The van der Waals surface area contributed by atoms with Crippen molar-refractivity contribution in [3.05, 3.63) is 0 Å². The third kappa shape index (κ3) is 13.3. The molecule has 0 aromatic rings. The van der Waals surface area contributed by atoms with Crippen molar-refractivity contribution < 1.29 is 0 Å². The van der Waals surface area contributed by atoms with Crippen LogP contribution in [0.4, 0.5) is 0 Å². The predicted molar refractivity (Wildman–Crippen MR) is 66.8 cm³/mol. The summed E-state index contributed by atoms with van der Waals surface area (Å²) in [6.07, 6.45) is 8.40. The average molecular weight is 208 g/mol. The van der Waals surface area contributed by atoms with Crippen LogP contribution in [0.5, 0.6) is 0 Å². The largest absolute Gasteiger partial charge is 0.197 e. The molecule has 0 aromatic carbocycles. The molecule has 0 radical (unpaired) electrons. The smallest absolute Gasteiger partial charge is 0.00675 e. The Morgan fingerprint density at radius 3 is 1.50 bits per heavy atom. The zero-order valence-corrected chi connectivity index (χ0v) is 10.4. The van der Waals surface area contributed by atoms with E-state index in [9.17, 15) is 0 Å². The molecule has 0 bridgehead atoms. The maximum absolute atomic E-state index is 2.27. The Bertz CT molecular complexity index is 56.9. The highest BCUT2D eigenvalue weighted by molar-refractivity contribution is 7.99. The van der Waals surface area contributed by atoms with Crippen LogP contribution < -0.4 is 0 Å². The normalized spacial score (nSPS) is 9.50. The van der Waals surface area contributed by atoms with Gasteiger partial charge in [-0.2, -0.15) is 25.3 Å². The zero-order chi connectivity index (χ0) is 8.36. The van der Waals surface area contributed by atoms with Crippen molar-refractivity contribution in [2.75, 3.05) is 11.5 Å². The Labute approximate surface area is 89.3 Å². The van der Waals surface area contributed by atoms with E-state index in [1.165, 1.54) is 50.0 Å². The molecule has 0 aliphatic rings. The first-order chi connectivity index (χ1) is 5.41. The van der Waals surface area contributed by atoms with E-state index in [0.29, 0.717) is 0 Å². The Kier molecular flexibility index (Phi) is 18.0. The van der Waals surface area contributed by atoms with Gasteiger partial charge in [-0.3, -0.25) is 0 Å². The van der Waals surface area contributed by atoms with E-state index in [0.717, 1.165) is 0 Å². The molecule has 0 atom stereocenters. The minimum absolute atomic E-state index is 0. The molecule has 76 valence electrons. The fraction of sp³-hybridized carbons (Fsp3) is 1.00. The van der Waals surface area contributed by atoms with Gasteiger partial charge in [-0.15, -0.1) is 0 Å². The number of rotatable bonds is 8. The Morgan fingerprint density at radius 2 is 1.17 bits per heavy atom. The van der Waals surface area contributed by atoms with E-state index in [4.69, 9.17) is 0 Å². The molecule has 0 heterocycles. The van der Waals surface area contributed by atoms with Crippen LogP contribution in [0.3, 0.4) is 0 Å². The lowest BCUT2D eigenvalue weighted by molar-refractivity contribution is 0.768. The summed E-state index contributed by atoms with van der Waals surface area (Å²) in [5.74, 6) is 2.77. The Hall–Kier alpha value is 0.700. The molecule has 2 heteroatoms. The summed E-state index contributed by atoms with van der Waals surface area (Å²) in [6, 6.07) is 0. The van der Waals surface area contributed by atoms with Gasteiger partial charge in [0.05, 0.1) is 0 Å². The van der Waals surface area contributed by atoms with Gasteiger partial charge in [-0.05, 0) is 24.3 Å². The first-order valence-corrected chi connectivity index (χ1v) is 6.15. The second-order valence-corrected chi connectivity index (χ2v) is 4.25. The predicted octanol–water partition coefficient (Wildman–Crippen LogP) is 4.21. The van der Waals surface area contributed by atoms with E-state index in [1.807, 2.05) is 0 Å². The first-order valence-electron chi connectivity index (χ1n) is 4.99. The molecule has 0 nitrogen and oxygen atoms in total. The molecule has 0 N–H and O–H groups in total. The topological polar surface area (TPSA) is 0 Å². The van der Waals surface area contributed by atoms with Crippen LogP contribution in [0.25, 0.3) is 0 Å². The quantitative estimate of drug-likeness (QED) is 0.538. The van der Waals surface area contributed by atoms with Crippen molar-refractivity contribution in [3.8, 4) is 0 Å². The van der Waals surface area contributed by atoms with E-state index in [-0.39, 0.29) is 13.5 Å². The van der Waals surface area contributed by atoms with Gasteiger partial charge in [-0.25, -0.2) is 0 Å². The van der Waals surface area contributed by atoms with Gasteiger partial charge >= 0.3 is 0 Å². The van der Waals surface area contributed by atoms with Gasteiger partial charge in [0.15, 0.2) is 0 Å². The fourth-order valence-electron chi connectivity index (χ4n) is 1.01. The van der Waals surface area contributed by atoms with Crippen LogP contribution in [0.15, 0.2) is 0 Å². The first kappa shape index (κ1) is 15.2. The molecule has 0 unspecified atom stereocenters. The lowest BCUT2D eigenvalue weighted by Crippen LogP contribution is -1.83. The highest BCUT2D eigenvalue weighted by Crippen LogP contribution is 2.09. The van der Waals surface area contributed by atoms with Crippen LogP contribution in [-0.2, 0) is 0 Å². The van der Waals surface area contributed by atoms with Gasteiger partial charge in [0, 0.05) is 0 Å². The molecule has 0 saturated heterocycles. The van der Waals surface area contributed by atoms with Crippen LogP contribution in [-0.4, -0.2) is 11.5 Å². The Morgan fingerprint density at radius 1 is 0.750 bits per heavy atom. The standard InChI is InChI=1S/C10H22S.H2S/c1-3-5-7-9-11-10-8-6-4-2;/h3-10H2,1-2H3;1H2. The third-order valence-electron chi connectivity index (χ3n) is 1.78. The summed E-state index contributed by atoms with van der Waals surface area (Å²) in [5, 5.41) is 0. The molecular formula is C10H24S2. The minimum Gasteiger partial charge on any atom is -0.197 e. The van der Waals surface area contributed by atoms with Crippen molar-refractivity contribution in [1.82, 2.24) is 0 Å². The van der Waals surface area contributed by atoms with E-state index in [2.05, 4.69) is 25.6 Å². The van der Waals surface area contributed by atoms with Gasteiger partial charge < -0.3 is 0 Å². The summed E-state index contributed by atoms with van der Waals surface area (Å²) in [5.41, 5.74) is 0. The van der Waals surface area contributed by atoms with E-state index >= 15 is 0 Å². The van der Waals surface area contributed by atoms with Crippen molar-refractivity contribution in [3.63, 3.8) is 0 Å². The lowest BCUT2D eigenvalue weighted by atomic mass is 10.3. The SMILES string of the molecule is CCCCCSCCCCC.S. The molecule has 0 rings (SSSR count). The Balaban J connectivity index is 0. The van der Waals surface area contributed by atoms with Gasteiger partial charge in [0.25, 0.3) is 0 Å². The number of hydrogen-bond acceptors (Lipinski definition) is 1. The van der Waals surface area contributed by atoms with Gasteiger partial charge in [0.2, 0.25) is 0 Å². The number of hydrogen-bond donors (Lipinski definition) is 0. The monoisotopic (exact) mass is 208 g/mol. The molecule has 0 aliphatic carbocycles.